The Morgan fingerprint density at radius 2 is 2.05 bits per heavy atom. The Bertz CT molecular complexity index is 1190. The number of rotatable bonds is 4. The fraction of sp³-hybridized carbons (Fsp3) is 0.724. The number of carbonyl (C=O) groups excluding carboxylic acids is 2. The quantitative estimate of drug-likeness (QED) is 0.515. The van der Waals surface area contributed by atoms with Crippen LogP contribution in [0, 0.1) is 39.9 Å². The number of fused-ring (bicyclic) bond motifs is 1. The first-order valence-electron chi connectivity index (χ1n) is 13.8. The highest BCUT2D eigenvalue weighted by molar-refractivity contribution is 6.30. The Hall–Kier alpha value is -1.51. The predicted octanol–water partition coefficient (Wildman–Crippen LogP) is 2.69. The SMILES string of the molecule is CCN1C[C@]2(C)CC[C@H](O)[C@]34[C@@H]1[C@H](C[C@H]23)[C@@]12C[C@@H](C(=O)C[C@H]14)C(CO)(OC(=O)c1cccc(Cl)c1)[C@H]2O. The van der Waals surface area contributed by atoms with Crippen molar-refractivity contribution in [3.8, 4) is 0 Å². The van der Waals surface area contributed by atoms with E-state index in [1.54, 1.807) is 18.2 Å². The maximum atomic E-state index is 13.8. The van der Waals surface area contributed by atoms with Gasteiger partial charge in [0.25, 0.3) is 0 Å². The summed E-state index contributed by atoms with van der Waals surface area (Å²) < 4.78 is 6.01. The Labute approximate surface area is 222 Å². The Morgan fingerprint density at radius 3 is 2.76 bits per heavy atom. The largest absolute Gasteiger partial charge is 0.449 e. The summed E-state index contributed by atoms with van der Waals surface area (Å²) in [5.41, 5.74) is -2.57. The van der Waals surface area contributed by atoms with Crippen molar-refractivity contribution in [3.05, 3.63) is 34.9 Å². The number of hydrogen-bond acceptors (Lipinski definition) is 7. The second-order valence-electron chi connectivity index (χ2n) is 13.1. The molecule has 0 radical (unpaired) electrons. The highest BCUT2D eigenvalue weighted by atomic mass is 35.5. The van der Waals surface area contributed by atoms with Gasteiger partial charge in [-0.05, 0) is 73.6 Å². The van der Waals surface area contributed by atoms with Gasteiger partial charge in [0.2, 0.25) is 0 Å². The Kier molecular flexibility index (Phi) is 5.02. The van der Waals surface area contributed by atoms with Crippen molar-refractivity contribution in [2.24, 2.45) is 39.9 Å². The van der Waals surface area contributed by atoms with Crippen LogP contribution in [0.1, 0.15) is 56.3 Å². The summed E-state index contributed by atoms with van der Waals surface area (Å²) in [6, 6.07) is 6.44. The van der Waals surface area contributed by atoms with Crippen LogP contribution in [-0.4, -0.2) is 75.5 Å². The van der Waals surface area contributed by atoms with Crippen molar-refractivity contribution in [1.29, 1.82) is 0 Å². The van der Waals surface area contributed by atoms with Gasteiger partial charge in [-0.2, -0.15) is 0 Å². The van der Waals surface area contributed by atoms with E-state index in [-0.39, 0.29) is 41.1 Å². The summed E-state index contributed by atoms with van der Waals surface area (Å²) in [6.07, 6.45) is 1.49. The van der Waals surface area contributed by atoms with E-state index in [1.165, 1.54) is 6.07 Å². The molecule has 1 aromatic rings. The van der Waals surface area contributed by atoms with Crippen LogP contribution in [0.3, 0.4) is 0 Å². The molecule has 5 aliphatic carbocycles. The molecule has 6 aliphatic rings. The van der Waals surface area contributed by atoms with Crippen LogP contribution in [0.25, 0.3) is 0 Å². The average molecular weight is 530 g/mol. The molecule has 1 saturated heterocycles. The van der Waals surface area contributed by atoms with Crippen molar-refractivity contribution in [3.63, 3.8) is 0 Å². The van der Waals surface area contributed by atoms with Gasteiger partial charge < -0.3 is 20.1 Å². The molecule has 11 atom stereocenters. The molecule has 1 aromatic carbocycles. The molecule has 2 spiro atoms. The van der Waals surface area contributed by atoms with Crippen molar-refractivity contribution < 1.29 is 29.6 Å². The van der Waals surface area contributed by atoms with Gasteiger partial charge in [-0.25, -0.2) is 4.79 Å². The zero-order chi connectivity index (χ0) is 26.1. The summed E-state index contributed by atoms with van der Waals surface area (Å²) in [5, 5.41) is 35.2. The number of ketones is 1. The number of nitrogens with zero attached hydrogens (tertiary/aromatic N) is 1. The van der Waals surface area contributed by atoms with Gasteiger partial charge in [0, 0.05) is 34.9 Å². The maximum absolute atomic E-state index is 13.8. The van der Waals surface area contributed by atoms with Crippen LogP contribution in [0.2, 0.25) is 5.02 Å². The van der Waals surface area contributed by atoms with Crippen LogP contribution in [0.4, 0.5) is 0 Å². The highest BCUT2D eigenvalue weighted by Gasteiger charge is 2.88. The number of esters is 1. The van der Waals surface area contributed by atoms with E-state index in [4.69, 9.17) is 16.3 Å². The Balaban J connectivity index is 1.36. The van der Waals surface area contributed by atoms with Gasteiger partial charge in [-0.15, -0.1) is 0 Å². The van der Waals surface area contributed by atoms with Gasteiger partial charge in [0.15, 0.2) is 5.60 Å². The second kappa shape index (κ2) is 7.57. The molecule has 7 bridgehead atoms. The summed E-state index contributed by atoms with van der Waals surface area (Å²) in [4.78, 5) is 29.6. The van der Waals surface area contributed by atoms with Crippen molar-refractivity contribution in [2.75, 3.05) is 19.7 Å². The van der Waals surface area contributed by atoms with Crippen molar-refractivity contribution >= 4 is 23.4 Å². The number of halogens is 1. The molecule has 7 rings (SSSR count). The minimum Gasteiger partial charge on any atom is -0.449 e. The van der Waals surface area contributed by atoms with E-state index >= 15 is 0 Å². The lowest BCUT2D eigenvalue weighted by Crippen LogP contribution is -2.68. The van der Waals surface area contributed by atoms with E-state index in [1.807, 2.05) is 0 Å². The lowest BCUT2D eigenvalue weighted by Gasteiger charge is -2.65. The Morgan fingerprint density at radius 1 is 1.27 bits per heavy atom. The highest BCUT2D eigenvalue weighted by Crippen LogP contribution is 2.83. The van der Waals surface area contributed by atoms with E-state index in [0.29, 0.717) is 23.8 Å². The minimum absolute atomic E-state index is 0.0681. The molecule has 1 unspecified atom stereocenters. The topological polar surface area (TPSA) is 107 Å². The fourth-order valence-corrected chi connectivity index (χ4v) is 11.4. The van der Waals surface area contributed by atoms with Gasteiger partial charge in [-0.3, -0.25) is 9.69 Å². The molecule has 6 fully saturated rings. The molecule has 200 valence electrons. The third-order valence-corrected chi connectivity index (χ3v) is 12.4. The van der Waals surface area contributed by atoms with E-state index in [0.717, 1.165) is 25.9 Å². The van der Waals surface area contributed by atoms with Gasteiger partial charge >= 0.3 is 5.97 Å². The van der Waals surface area contributed by atoms with E-state index in [9.17, 15) is 24.9 Å². The van der Waals surface area contributed by atoms with Gasteiger partial charge in [-0.1, -0.05) is 31.5 Å². The summed E-state index contributed by atoms with van der Waals surface area (Å²) >= 11 is 6.09. The zero-order valence-corrected chi connectivity index (χ0v) is 22.2. The van der Waals surface area contributed by atoms with Crippen molar-refractivity contribution in [2.45, 2.75) is 69.8 Å². The average Bonchev–Trinajstić information content (AvgIpc) is 3.40. The number of ether oxygens (including phenoxy) is 1. The number of Topliss-reactive ketones (excluding diaryl/α,β-unsaturated/α-hetero) is 1. The number of carbonyl (C=O) groups is 2. The molecular formula is C29H36ClNO6. The van der Waals surface area contributed by atoms with Crippen LogP contribution in [-0.2, 0) is 9.53 Å². The molecule has 3 N–H and O–H groups in total. The molecule has 1 heterocycles. The lowest BCUT2D eigenvalue weighted by molar-refractivity contribution is -0.215. The number of benzene rings is 1. The van der Waals surface area contributed by atoms with Crippen LogP contribution in [0.5, 0.6) is 0 Å². The normalized spacial score (nSPS) is 51.3. The molecule has 7 nitrogen and oxygen atoms in total. The molecule has 5 saturated carbocycles. The number of aliphatic hydroxyl groups is 3. The minimum atomic E-state index is -1.71. The molecule has 8 heteroatoms. The van der Waals surface area contributed by atoms with Crippen LogP contribution >= 0.6 is 11.6 Å². The zero-order valence-electron chi connectivity index (χ0n) is 21.4. The first-order chi connectivity index (χ1) is 17.6. The first-order valence-corrected chi connectivity index (χ1v) is 14.2. The van der Waals surface area contributed by atoms with Gasteiger partial charge in [0.05, 0.1) is 24.2 Å². The predicted molar refractivity (Wildman–Crippen MR) is 135 cm³/mol. The maximum Gasteiger partial charge on any atom is 0.338 e. The van der Waals surface area contributed by atoms with E-state index in [2.05, 4.69) is 18.7 Å². The van der Waals surface area contributed by atoms with Crippen LogP contribution in [0.15, 0.2) is 24.3 Å². The molecule has 0 aromatic heterocycles. The number of aliphatic hydroxyl groups excluding tert-OH is 3. The molecular weight excluding hydrogens is 494 g/mol. The number of likely N-dealkylation sites (tertiary alicyclic amines) is 1. The molecule has 37 heavy (non-hydrogen) atoms. The fourth-order valence-electron chi connectivity index (χ4n) is 11.2. The van der Waals surface area contributed by atoms with Gasteiger partial charge in [0.1, 0.15) is 11.9 Å². The van der Waals surface area contributed by atoms with Crippen LogP contribution < -0.4 is 0 Å². The first kappa shape index (κ1) is 24.5. The molecule has 0 amide bonds. The lowest BCUT2D eigenvalue weighted by atomic mass is 9.43. The second-order valence-corrected chi connectivity index (χ2v) is 13.6. The summed E-state index contributed by atoms with van der Waals surface area (Å²) in [6.45, 7) is 5.70. The summed E-state index contributed by atoms with van der Waals surface area (Å²) in [7, 11) is 0. The standard InChI is InChI=1S/C29H36ClNO6/c1-3-31-13-26(2)8-7-22(34)29-20(26)10-17(23(29)31)27-12-18(19(33)11-21(27)29)28(14-32,25(27)36)37-24(35)15-5-4-6-16(30)9-15/h4-6,9,17-18,20-23,25,32,34,36H,3,7-8,10-14H2,1-2H3/t17-,18-,20+,21+,22-,23-,25-,26-,27-,28?,29-/m0/s1. The molecule has 1 aliphatic heterocycles. The summed E-state index contributed by atoms with van der Waals surface area (Å²) in [5.74, 6) is -1.38. The monoisotopic (exact) mass is 529 g/mol. The van der Waals surface area contributed by atoms with E-state index < -0.39 is 47.1 Å². The number of hydrogen-bond donors (Lipinski definition) is 3. The van der Waals surface area contributed by atoms with Crippen molar-refractivity contribution in [1.82, 2.24) is 4.90 Å². The number of piperidine rings is 1. The smallest absolute Gasteiger partial charge is 0.338 e. The third kappa shape index (κ3) is 2.59. The third-order valence-electron chi connectivity index (χ3n) is 12.2.